The molecule has 0 aliphatic carbocycles. The summed E-state index contributed by atoms with van der Waals surface area (Å²) >= 11 is 0. The van der Waals surface area contributed by atoms with Crippen LogP contribution in [0.2, 0.25) is 0 Å². The van der Waals surface area contributed by atoms with Crippen molar-refractivity contribution in [2.24, 2.45) is 5.41 Å². The van der Waals surface area contributed by atoms with Crippen molar-refractivity contribution in [2.45, 2.75) is 26.4 Å². The molecular formula is C14H16F3NO3. The molecule has 0 bridgehead atoms. The predicted octanol–water partition coefficient (Wildman–Crippen LogP) is 2.94. The summed E-state index contributed by atoms with van der Waals surface area (Å²) in [6.45, 7) is 3.08. The summed E-state index contributed by atoms with van der Waals surface area (Å²) in [5, 5.41) is 11.3. The first-order valence-corrected chi connectivity index (χ1v) is 6.23. The van der Waals surface area contributed by atoms with Gasteiger partial charge in [-0.1, -0.05) is 6.07 Å². The Morgan fingerprint density at radius 2 is 1.86 bits per heavy atom. The molecule has 0 unspecified atom stereocenters. The fraction of sp³-hybridized carbons (Fsp3) is 0.429. The molecule has 0 heterocycles. The van der Waals surface area contributed by atoms with Crippen molar-refractivity contribution in [1.29, 1.82) is 0 Å². The number of aliphatic carboxylic acids is 1. The lowest BCUT2D eigenvalue weighted by atomic mass is 9.90. The molecule has 0 spiro atoms. The van der Waals surface area contributed by atoms with Crippen molar-refractivity contribution in [3.63, 3.8) is 0 Å². The maximum absolute atomic E-state index is 12.5. The quantitative estimate of drug-likeness (QED) is 0.879. The van der Waals surface area contributed by atoms with E-state index in [1.807, 2.05) is 0 Å². The molecule has 0 atom stereocenters. The van der Waals surface area contributed by atoms with Gasteiger partial charge in [0.1, 0.15) is 0 Å². The predicted molar refractivity (Wildman–Crippen MR) is 69.8 cm³/mol. The number of nitrogens with one attached hydrogen (secondary N) is 1. The third-order valence-corrected chi connectivity index (χ3v) is 3.07. The monoisotopic (exact) mass is 303 g/mol. The molecule has 0 fully saturated rings. The fourth-order valence-electron chi connectivity index (χ4n) is 1.53. The number of carbonyl (C=O) groups is 2. The Hall–Kier alpha value is -2.05. The van der Waals surface area contributed by atoms with Crippen LogP contribution in [0.15, 0.2) is 24.3 Å². The van der Waals surface area contributed by atoms with Crippen LogP contribution in [-0.2, 0) is 11.0 Å². The topological polar surface area (TPSA) is 66.4 Å². The highest BCUT2D eigenvalue weighted by Crippen LogP contribution is 2.29. The van der Waals surface area contributed by atoms with E-state index in [4.69, 9.17) is 5.11 Å². The lowest BCUT2D eigenvalue weighted by Crippen LogP contribution is -2.32. The molecule has 116 valence electrons. The SMILES string of the molecule is CC(C)(CCNC(=O)c1cccc(C(F)(F)F)c1)C(=O)O. The lowest BCUT2D eigenvalue weighted by Gasteiger charge is -2.19. The van der Waals surface area contributed by atoms with Crippen molar-refractivity contribution in [1.82, 2.24) is 5.32 Å². The number of alkyl halides is 3. The first-order chi connectivity index (χ1) is 9.54. The van der Waals surface area contributed by atoms with Gasteiger partial charge in [0.2, 0.25) is 0 Å². The summed E-state index contributed by atoms with van der Waals surface area (Å²) in [4.78, 5) is 22.6. The third-order valence-electron chi connectivity index (χ3n) is 3.07. The summed E-state index contributed by atoms with van der Waals surface area (Å²) in [5.74, 6) is -1.67. The Morgan fingerprint density at radius 3 is 2.38 bits per heavy atom. The summed E-state index contributed by atoms with van der Waals surface area (Å²) in [6, 6.07) is 4.06. The normalized spacial score (nSPS) is 12.0. The molecule has 1 aromatic rings. The Morgan fingerprint density at radius 1 is 1.24 bits per heavy atom. The van der Waals surface area contributed by atoms with E-state index in [9.17, 15) is 22.8 Å². The molecule has 0 saturated carbocycles. The molecule has 0 radical (unpaired) electrons. The maximum atomic E-state index is 12.5. The van der Waals surface area contributed by atoms with Gasteiger partial charge in [0, 0.05) is 12.1 Å². The zero-order valence-corrected chi connectivity index (χ0v) is 11.6. The highest BCUT2D eigenvalue weighted by molar-refractivity contribution is 5.94. The van der Waals surface area contributed by atoms with E-state index >= 15 is 0 Å². The van der Waals surface area contributed by atoms with E-state index in [1.54, 1.807) is 0 Å². The summed E-state index contributed by atoms with van der Waals surface area (Å²) in [5.41, 5.74) is -2.03. The molecule has 7 heteroatoms. The van der Waals surface area contributed by atoms with E-state index in [0.29, 0.717) is 0 Å². The van der Waals surface area contributed by atoms with Gasteiger partial charge in [0.05, 0.1) is 11.0 Å². The number of hydrogen-bond acceptors (Lipinski definition) is 2. The van der Waals surface area contributed by atoms with Crippen LogP contribution in [0.1, 0.15) is 36.2 Å². The molecule has 1 amide bonds. The molecule has 1 aromatic carbocycles. The zero-order valence-electron chi connectivity index (χ0n) is 11.6. The van der Waals surface area contributed by atoms with Crippen LogP contribution in [0.5, 0.6) is 0 Å². The number of carboxylic acid groups (broad SMARTS) is 1. The highest BCUT2D eigenvalue weighted by atomic mass is 19.4. The molecule has 0 saturated heterocycles. The lowest BCUT2D eigenvalue weighted by molar-refractivity contribution is -0.147. The van der Waals surface area contributed by atoms with Crippen LogP contribution >= 0.6 is 0 Å². The standard InChI is InChI=1S/C14H16F3NO3/c1-13(2,12(20)21)6-7-18-11(19)9-4-3-5-10(8-9)14(15,16)17/h3-5,8H,6-7H2,1-2H3,(H,18,19)(H,20,21). The number of amides is 1. The minimum absolute atomic E-state index is 0.0639. The van der Waals surface area contributed by atoms with Crippen LogP contribution < -0.4 is 5.32 Å². The molecule has 1 rings (SSSR count). The van der Waals surface area contributed by atoms with E-state index < -0.39 is 29.0 Å². The molecule has 0 aromatic heterocycles. The van der Waals surface area contributed by atoms with Crippen molar-refractivity contribution in [2.75, 3.05) is 6.54 Å². The number of rotatable bonds is 5. The second kappa shape index (κ2) is 6.15. The smallest absolute Gasteiger partial charge is 0.416 e. The van der Waals surface area contributed by atoms with Gasteiger partial charge in [-0.3, -0.25) is 9.59 Å². The van der Waals surface area contributed by atoms with Crippen LogP contribution in [0.3, 0.4) is 0 Å². The van der Waals surface area contributed by atoms with Gasteiger partial charge in [-0.25, -0.2) is 0 Å². The summed E-state index contributed by atoms with van der Waals surface area (Å²) in [6.07, 6.45) is -4.34. The summed E-state index contributed by atoms with van der Waals surface area (Å²) < 4.78 is 37.6. The maximum Gasteiger partial charge on any atom is 0.416 e. The molecule has 0 aliphatic heterocycles. The Labute approximate surface area is 120 Å². The van der Waals surface area contributed by atoms with Gasteiger partial charge in [-0.05, 0) is 38.5 Å². The first kappa shape index (κ1) is 17.0. The van der Waals surface area contributed by atoms with Crippen LogP contribution in [0, 0.1) is 5.41 Å². The van der Waals surface area contributed by atoms with Crippen molar-refractivity contribution < 1.29 is 27.9 Å². The van der Waals surface area contributed by atoms with Crippen molar-refractivity contribution >= 4 is 11.9 Å². The second-order valence-corrected chi connectivity index (χ2v) is 5.27. The average Bonchev–Trinajstić information content (AvgIpc) is 2.37. The Bertz CT molecular complexity index is 539. The van der Waals surface area contributed by atoms with E-state index in [2.05, 4.69) is 5.32 Å². The van der Waals surface area contributed by atoms with E-state index in [0.717, 1.165) is 18.2 Å². The molecular weight excluding hydrogens is 287 g/mol. The number of benzene rings is 1. The van der Waals surface area contributed by atoms with Gasteiger partial charge in [-0.2, -0.15) is 13.2 Å². The minimum atomic E-state index is -4.51. The molecule has 2 N–H and O–H groups in total. The number of carbonyl (C=O) groups excluding carboxylic acids is 1. The van der Waals surface area contributed by atoms with Crippen molar-refractivity contribution in [3.8, 4) is 0 Å². The van der Waals surface area contributed by atoms with E-state index in [1.165, 1.54) is 19.9 Å². The fourth-order valence-corrected chi connectivity index (χ4v) is 1.53. The molecule has 0 aliphatic rings. The zero-order chi connectivity index (χ0) is 16.3. The number of carboxylic acids is 1. The molecule has 21 heavy (non-hydrogen) atoms. The van der Waals surface area contributed by atoms with E-state index in [-0.39, 0.29) is 18.5 Å². The average molecular weight is 303 g/mol. The van der Waals surface area contributed by atoms with Gasteiger partial charge < -0.3 is 10.4 Å². The van der Waals surface area contributed by atoms with Crippen molar-refractivity contribution in [3.05, 3.63) is 35.4 Å². The minimum Gasteiger partial charge on any atom is -0.481 e. The van der Waals surface area contributed by atoms with Gasteiger partial charge in [0.25, 0.3) is 5.91 Å². The van der Waals surface area contributed by atoms with Crippen LogP contribution in [-0.4, -0.2) is 23.5 Å². The second-order valence-electron chi connectivity index (χ2n) is 5.27. The van der Waals surface area contributed by atoms with Gasteiger partial charge in [0.15, 0.2) is 0 Å². The Balaban J connectivity index is 2.67. The number of hydrogen-bond donors (Lipinski definition) is 2. The van der Waals surface area contributed by atoms with Crippen LogP contribution in [0.25, 0.3) is 0 Å². The number of halogens is 3. The Kier molecular flexibility index (Phi) is 4.98. The van der Waals surface area contributed by atoms with Gasteiger partial charge >= 0.3 is 12.1 Å². The first-order valence-electron chi connectivity index (χ1n) is 6.23. The third kappa shape index (κ3) is 4.77. The molecule has 4 nitrogen and oxygen atoms in total. The van der Waals surface area contributed by atoms with Crippen LogP contribution in [0.4, 0.5) is 13.2 Å². The largest absolute Gasteiger partial charge is 0.481 e. The summed E-state index contributed by atoms with van der Waals surface area (Å²) in [7, 11) is 0. The highest BCUT2D eigenvalue weighted by Gasteiger charge is 2.31. The van der Waals surface area contributed by atoms with Gasteiger partial charge in [-0.15, -0.1) is 0 Å².